The molecule has 1 aliphatic rings. The summed E-state index contributed by atoms with van der Waals surface area (Å²) >= 11 is 0. The van der Waals surface area contributed by atoms with Crippen molar-refractivity contribution >= 4 is 19.9 Å². The second kappa shape index (κ2) is 6.29. The molecule has 124 valence electrons. The number of hydrogen-bond donors (Lipinski definition) is 0. The largest absolute Gasteiger partial charge is 0.243 e. The fourth-order valence-electron chi connectivity index (χ4n) is 2.67. The fraction of sp³-hybridized carbons (Fsp3) is 0.600. The normalized spacial score (nSPS) is 18.7. The maximum atomic E-state index is 12.6. The number of sulfone groups is 1. The van der Waals surface area contributed by atoms with Crippen molar-refractivity contribution < 1.29 is 16.8 Å². The molecule has 0 spiro atoms. The molecule has 1 aromatic carbocycles. The zero-order valence-corrected chi connectivity index (χ0v) is 14.8. The average Bonchev–Trinajstić information content (AvgIpc) is 2.46. The Morgan fingerprint density at radius 2 is 1.50 bits per heavy atom. The molecule has 1 saturated heterocycles. The van der Waals surface area contributed by atoms with E-state index in [-0.39, 0.29) is 18.0 Å². The molecule has 1 fully saturated rings. The molecule has 0 unspecified atom stereocenters. The summed E-state index contributed by atoms with van der Waals surface area (Å²) in [6.45, 7) is 4.62. The highest BCUT2D eigenvalue weighted by Gasteiger charge is 2.32. The lowest BCUT2D eigenvalue weighted by molar-refractivity contribution is 0.346. The van der Waals surface area contributed by atoms with E-state index in [1.165, 1.54) is 10.6 Å². The summed E-state index contributed by atoms with van der Waals surface area (Å²) in [4.78, 5) is 0.273. The van der Waals surface area contributed by atoms with Gasteiger partial charge in [-0.25, -0.2) is 16.8 Å². The predicted octanol–water partition coefficient (Wildman–Crippen LogP) is 2.01. The number of hydrogen-bond acceptors (Lipinski definition) is 4. The average molecular weight is 345 g/mol. The summed E-state index contributed by atoms with van der Waals surface area (Å²) in [5, 5.41) is -0.428. The van der Waals surface area contributed by atoms with Crippen molar-refractivity contribution in [2.45, 2.75) is 42.8 Å². The van der Waals surface area contributed by atoms with Crippen molar-refractivity contribution in [1.29, 1.82) is 0 Å². The molecule has 0 aliphatic carbocycles. The molecule has 7 heteroatoms. The molecular formula is C15H23NO4S2. The number of sulfonamides is 1. The second-order valence-electron chi connectivity index (χ2n) is 6.16. The van der Waals surface area contributed by atoms with Crippen LogP contribution < -0.4 is 0 Å². The molecule has 0 N–H and O–H groups in total. The molecule has 1 aromatic rings. The Morgan fingerprint density at radius 3 is 1.91 bits per heavy atom. The van der Waals surface area contributed by atoms with Crippen LogP contribution in [0, 0.1) is 0 Å². The lowest BCUT2D eigenvalue weighted by atomic mass is 10.0. The third-order valence-corrected chi connectivity index (χ3v) is 7.79. The third kappa shape index (κ3) is 3.70. The number of piperidine rings is 1. The Morgan fingerprint density at radius 1 is 1.00 bits per heavy atom. The van der Waals surface area contributed by atoms with Gasteiger partial charge in [0.15, 0.2) is 0 Å². The van der Waals surface area contributed by atoms with Crippen LogP contribution in [0.25, 0.3) is 0 Å². The van der Waals surface area contributed by atoms with Crippen LogP contribution in [0.3, 0.4) is 0 Å². The van der Waals surface area contributed by atoms with E-state index in [9.17, 15) is 16.8 Å². The van der Waals surface area contributed by atoms with Gasteiger partial charge in [-0.3, -0.25) is 0 Å². The minimum absolute atomic E-state index is 0.256. The van der Waals surface area contributed by atoms with Crippen molar-refractivity contribution in [1.82, 2.24) is 4.31 Å². The monoisotopic (exact) mass is 345 g/mol. The minimum Gasteiger partial charge on any atom is -0.229 e. The van der Waals surface area contributed by atoms with E-state index < -0.39 is 25.1 Å². The highest BCUT2D eigenvalue weighted by molar-refractivity contribution is 7.91. The summed E-state index contributed by atoms with van der Waals surface area (Å²) in [6.07, 6.45) is 1.94. The van der Waals surface area contributed by atoms with Gasteiger partial charge in [0.05, 0.1) is 10.1 Å². The maximum Gasteiger partial charge on any atom is 0.243 e. The van der Waals surface area contributed by atoms with Crippen LogP contribution in [-0.4, -0.2) is 45.7 Å². The second-order valence-corrected chi connectivity index (χ2v) is 10.4. The van der Waals surface area contributed by atoms with Gasteiger partial charge in [0.1, 0.15) is 9.84 Å². The van der Waals surface area contributed by atoms with Crippen LogP contribution in [0.4, 0.5) is 0 Å². The summed E-state index contributed by atoms with van der Waals surface area (Å²) in [5.74, 6) is 0.349. The molecule has 1 heterocycles. The van der Waals surface area contributed by atoms with Crippen molar-refractivity contribution in [3.8, 4) is 0 Å². The first-order valence-corrected chi connectivity index (χ1v) is 10.8. The van der Waals surface area contributed by atoms with Crippen LogP contribution in [-0.2, 0) is 19.9 Å². The van der Waals surface area contributed by atoms with E-state index >= 15 is 0 Å². The van der Waals surface area contributed by atoms with E-state index in [1.807, 2.05) is 12.1 Å². The van der Waals surface area contributed by atoms with Gasteiger partial charge < -0.3 is 0 Å². The van der Waals surface area contributed by atoms with Crippen LogP contribution in [0.1, 0.15) is 38.2 Å². The van der Waals surface area contributed by atoms with E-state index in [0.717, 1.165) is 5.56 Å². The van der Waals surface area contributed by atoms with Gasteiger partial charge in [0.25, 0.3) is 0 Å². The number of rotatable bonds is 4. The van der Waals surface area contributed by atoms with E-state index in [1.54, 1.807) is 12.1 Å². The topological polar surface area (TPSA) is 71.5 Å². The summed E-state index contributed by atoms with van der Waals surface area (Å²) < 4.78 is 49.7. The number of benzene rings is 1. The van der Waals surface area contributed by atoms with Crippen molar-refractivity contribution in [3.05, 3.63) is 29.8 Å². The molecule has 0 atom stereocenters. The van der Waals surface area contributed by atoms with Crippen LogP contribution in [0.15, 0.2) is 29.2 Å². The van der Waals surface area contributed by atoms with E-state index in [2.05, 4.69) is 13.8 Å². The summed E-state index contributed by atoms with van der Waals surface area (Å²) in [6, 6.07) is 6.93. The lowest BCUT2D eigenvalue weighted by Gasteiger charge is -2.30. The molecule has 22 heavy (non-hydrogen) atoms. The van der Waals surface area contributed by atoms with Gasteiger partial charge in [0.2, 0.25) is 10.0 Å². The quantitative estimate of drug-likeness (QED) is 0.837. The Hall–Kier alpha value is -0.920. The van der Waals surface area contributed by atoms with Gasteiger partial charge in [0, 0.05) is 19.3 Å². The first kappa shape index (κ1) is 17.4. The van der Waals surface area contributed by atoms with Gasteiger partial charge in [-0.15, -0.1) is 0 Å². The molecule has 5 nitrogen and oxygen atoms in total. The zero-order valence-electron chi connectivity index (χ0n) is 13.2. The smallest absolute Gasteiger partial charge is 0.229 e. The predicted molar refractivity (Wildman–Crippen MR) is 87.2 cm³/mol. The molecule has 0 radical (unpaired) electrons. The fourth-order valence-corrected chi connectivity index (χ4v) is 5.21. The Labute approximate surface area is 133 Å². The summed E-state index contributed by atoms with van der Waals surface area (Å²) in [5.41, 5.74) is 1.09. The molecule has 1 aliphatic heterocycles. The molecule has 0 aromatic heterocycles. The van der Waals surface area contributed by atoms with Crippen molar-refractivity contribution in [2.24, 2.45) is 0 Å². The zero-order chi connectivity index (χ0) is 16.5. The molecule has 2 rings (SSSR count). The van der Waals surface area contributed by atoms with Crippen LogP contribution in [0.2, 0.25) is 0 Å². The maximum absolute atomic E-state index is 12.6. The van der Waals surface area contributed by atoms with Crippen molar-refractivity contribution in [3.63, 3.8) is 0 Å². The standard InChI is InChI=1S/C15H23NO4S2/c1-12(2)13-4-6-15(7-5-13)22(19,20)16-10-8-14(9-11-16)21(3,17)18/h4-7,12,14H,8-11H2,1-3H3. The SMILES string of the molecule is CC(C)c1ccc(S(=O)(=O)N2CCC(S(C)(=O)=O)CC2)cc1. The first-order chi connectivity index (χ1) is 10.1. The number of nitrogens with zero attached hydrogens (tertiary/aromatic N) is 1. The third-order valence-electron chi connectivity index (χ3n) is 4.19. The minimum atomic E-state index is -3.53. The Balaban J connectivity index is 2.15. The Bertz CT molecular complexity index is 713. The van der Waals surface area contributed by atoms with Gasteiger partial charge in [-0.2, -0.15) is 4.31 Å². The van der Waals surface area contributed by atoms with E-state index in [4.69, 9.17) is 0 Å². The molecule has 0 amide bonds. The summed E-state index contributed by atoms with van der Waals surface area (Å²) in [7, 11) is -6.63. The lowest BCUT2D eigenvalue weighted by Crippen LogP contribution is -2.42. The van der Waals surface area contributed by atoms with Crippen LogP contribution in [0.5, 0.6) is 0 Å². The highest BCUT2D eigenvalue weighted by Crippen LogP contribution is 2.25. The highest BCUT2D eigenvalue weighted by atomic mass is 32.2. The first-order valence-electron chi connectivity index (χ1n) is 7.41. The van der Waals surface area contributed by atoms with Crippen molar-refractivity contribution in [2.75, 3.05) is 19.3 Å². The molecular weight excluding hydrogens is 322 g/mol. The van der Waals surface area contributed by atoms with Crippen LogP contribution >= 0.6 is 0 Å². The Kier molecular flexibility index (Phi) is 4.99. The van der Waals surface area contributed by atoms with Gasteiger partial charge in [-0.1, -0.05) is 26.0 Å². The van der Waals surface area contributed by atoms with Gasteiger partial charge in [-0.05, 0) is 36.5 Å². The van der Waals surface area contributed by atoms with Gasteiger partial charge >= 0.3 is 0 Å². The molecule has 0 saturated carbocycles. The van der Waals surface area contributed by atoms with E-state index in [0.29, 0.717) is 18.8 Å². The molecule has 0 bridgehead atoms.